The second kappa shape index (κ2) is 8.80. The van der Waals surface area contributed by atoms with Gasteiger partial charge in [-0.3, -0.25) is 4.79 Å². The highest BCUT2D eigenvalue weighted by Crippen LogP contribution is 2.17. The van der Waals surface area contributed by atoms with Crippen LogP contribution in [0, 0.1) is 0 Å². The molecule has 0 atom stereocenters. The van der Waals surface area contributed by atoms with Crippen LogP contribution in [-0.2, 0) is 21.4 Å². The van der Waals surface area contributed by atoms with Crippen molar-refractivity contribution in [3.8, 4) is 5.75 Å². The maximum atomic E-state index is 12.3. The summed E-state index contributed by atoms with van der Waals surface area (Å²) in [6.07, 6.45) is 0. The Morgan fingerprint density at radius 2 is 1.67 bits per heavy atom. The molecular weight excluding hydrogens is 412 g/mol. The number of sulfonamides is 1. The van der Waals surface area contributed by atoms with Gasteiger partial charge in [0.25, 0.3) is 15.9 Å². The smallest absolute Gasteiger partial charge is 0.374 e. The summed E-state index contributed by atoms with van der Waals surface area (Å²) < 4.78 is 37.4. The minimum atomic E-state index is -4.04. The van der Waals surface area contributed by atoms with Crippen LogP contribution in [0.25, 0.3) is 0 Å². The first-order valence-corrected chi connectivity index (χ1v) is 10.1. The van der Waals surface area contributed by atoms with Crippen LogP contribution < -0.4 is 15.2 Å². The molecule has 30 heavy (non-hydrogen) atoms. The van der Waals surface area contributed by atoms with Crippen molar-refractivity contribution in [2.75, 3.05) is 12.4 Å². The van der Waals surface area contributed by atoms with E-state index in [0.29, 0.717) is 22.6 Å². The van der Waals surface area contributed by atoms with E-state index in [1.165, 1.54) is 0 Å². The third-order valence-corrected chi connectivity index (χ3v) is 4.78. The molecule has 0 aliphatic carbocycles. The number of anilines is 1. The molecule has 1 heterocycles. The average molecular weight is 430 g/mol. The van der Waals surface area contributed by atoms with Gasteiger partial charge >= 0.3 is 5.97 Å². The van der Waals surface area contributed by atoms with E-state index in [2.05, 4.69) is 5.32 Å². The number of nitrogens with two attached hydrogens (primary N) is 1. The van der Waals surface area contributed by atoms with E-state index in [4.69, 9.17) is 19.0 Å². The molecule has 0 saturated heterocycles. The highest BCUT2D eigenvalue weighted by Gasteiger charge is 2.18. The third-order valence-electron chi connectivity index (χ3n) is 4.00. The average Bonchev–Trinajstić information content (AvgIpc) is 3.24. The van der Waals surface area contributed by atoms with Gasteiger partial charge in [-0.2, -0.15) is 0 Å². The number of esters is 1. The Morgan fingerprint density at radius 1 is 1.00 bits per heavy atom. The first-order chi connectivity index (χ1) is 14.3. The van der Waals surface area contributed by atoms with Crippen LogP contribution in [0.1, 0.15) is 26.5 Å². The van der Waals surface area contributed by atoms with Gasteiger partial charge in [0.15, 0.2) is 0 Å². The molecule has 1 aromatic heterocycles. The van der Waals surface area contributed by atoms with Crippen molar-refractivity contribution in [2.45, 2.75) is 11.7 Å². The molecule has 0 radical (unpaired) electrons. The van der Waals surface area contributed by atoms with Gasteiger partial charge in [-0.25, -0.2) is 18.4 Å². The molecule has 0 bridgehead atoms. The van der Waals surface area contributed by atoms with Crippen molar-refractivity contribution in [1.29, 1.82) is 0 Å². The molecular formula is C20H18N2O7S. The molecule has 0 fully saturated rings. The van der Waals surface area contributed by atoms with Gasteiger partial charge in [-0.05, 0) is 54.1 Å². The summed E-state index contributed by atoms with van der Waals surface area (Å²) in [5.41, 5.74) is 1.67. The van der Waals surface area contributed by atoms with Crippen molar-refractivity contribution in [2.24, 2.45) is 5.14 Å². The molecule has 0 aliphatic rings. The monoisotopic (exact) mass is 430 g/mol. The summed E-state index contributed by atoms with van der Waals surface area (Å²) in [4.78, 5) is 24.3. The zero-order chi connectivity index (χ0) is 21.7. The Kier molecular flexibility index (Phi) is 6.19. The van der Waals surface area contributed by atoms with Crippen LogP contribution >= 0.6 is 0 Å². The minimum absolute atomic E-state index is 0.0926. The summed E-state index contributed by atoms with van der Waals surface area (Å²) in [5, 5.41) is 7.16. The maximum Gasteiger partial charge on any atom is 0.374 e. The van der Waals surface area contributed by atoms with Gasteiger partial charge in [0.2, 0.25) is 10.9 Å². The fourth-order valence-corrected chi connectivity index (χ4v) is 2.90. The van der Waals surface area contributed by atoms with Crippen molar-refractivity contribution < 1.29 is 31.9 Å². The Hall–Kier alpha value is -3.63. The number of methoxy groups -OCH3 is 1. The van der Waals surface area contributed by atoms with Crippen LogP contribution in [0.4, 0.5) is 5.69 Å². The van der Waals surface area contributed by atoms with Gasteiger partial charge < -0.3 is 19.2 Å². The molecule has 0 aliphatic heterocycles. The van der Waals surface area contributed by atoms with E-state index in [-0.39, 0.29) is 18.3 Å². The number of hydrogen-bond donors (Lipinski definition) is 2. The van der Waals surface area contributed by atoms with Crippen LogP contribution in [0.5, 0.6) is 5.75 Å². The van der Waals surface area contributed by atoms with Crippen molar-refractivity contribution in [3.05, 3.63) is 77.6 Å². The van der Waals surface area contributed by atoms with E-state index in [1.807, 2.05) is 0 Å². The SMILES string of the molecule is COc1ccc(NC(=O)c2ccc(COC(=O)c3ccc(S(N)(=O)=O)o3)cc2)cc1. The quantitative estimate of drug-likeness (QED) is 0.549. The molecule has 9 nitrogen and oxygen atoms in total. The zero-order valence-corrected chi connectivity index (χ0v) is 16.6. The van der Waals surface area contributed by atoms with E-state index < -0.39 is 21.1 Å². The van der Waals surface area contributed by atoms with Crippen molar-refractivity contribution >= 4 is 27.6 Å². The first kappa shape index (κ1) is 21.1. The molecule has 10 heteroatoms. The first-order valence-electron chi connectivity index (χ1n) is 8.60. The van der Waals surface area contributed by atoms with Gasteiger partial charge in [-0.1, -0.05) is 12.1 Å². The third kappa shape index (κ3) is 5.25. The molecule has 156 valence electrons. The second-order valence-electron chi connectivity index (χ2n) is 6.12. The summed E-state index contributed by atoms with van der Waals surface area (Å²) in [6, 6.07) is 15.6. The van der Waals surface area contributed by atoms with Gasteiger partial charge in [-0.15, -0.1) is 0 Å². The predicted molar refractivity (Wildman–Crippen MR) is 107 cm³/mol. The molecule has 0 saturated carbocycles. The van der Waals surface area contributed by atoms with E-state index in [1.54, 1.807) is 55.6 Å². The molecule has 3 aromatic rings. The normalized spacial score (nSPS) is 11.0. The number of carbonyl (C=O) groups is 2. The number of ether oxygens (including phenoxy) is 2. The van der Waals surface area contributed by atoms with Gasteiger partial charge in [0.1, 0.15) is 12.4 Å². The van der Waals surface area contributed by atoms with Crippen molar-refractivity contribution in [3.63, 3.8) is 0 Å². The van der Waals surface area contributed by atoms with E-state index in [9.17, 15) is 18.0 Å². The standard InChI is InChI=1S/C20H18N2O7S/c1-27-16-8-6-15(7-9-16)22-19(23)14-4-2-13(3-5-14)12-28-20(24)17-10-11-18(29-17)30(21,25)26/h2-11H,12H2,1H3,(H,22,23)(H2,21,25,26). The molecule has 2 aromatic carbocycles. The molecule has 0 unspecified atom stereocenters. The minimum Gasteiger partial charge on any atom is -0.497 e. The maximum absolute atomic E-state index is 12.3. The number of primary sulfonamides is 1. The fourth-order valence-electron chi connectivity index (χ4n) is 2.43. The van der Waals surface area contributed by atoms with Gasteiger partial charge in [0, 0.05) is 11.3 Å². The number of rotatable bonds is 7. The van der Waals surface area contributed by atoms with E-state index in [0.717, 1.165) is 12.1 Å². The van der Waals surface area contributed by atoms with E-state index >= 15 is 0 Å². The van der Waals surface area contributed by atoms with Crippen LogP contribution in [0.3, 0.4) is 0 Å². The molecule has 3 rings (SSSR count). The Morgan fingerprint density at radius 3 is 2.23 bits per heavy atom. The summed E-state index contributed by atoms with van der Waals surface area (Å²) in [5.74, 6) is -0.738. The largest absolute Gasteiger partial charge is 0.497 e. The molecule has 1 amide bonds. The predicted octanol–water partition coefficient (Wildman–Crippen LogP) is 2.54. The lowest BCUT2D eigenvalue weighted by Crippen LogP contribution is -2.12. The number of amides is 1. The summed E-state index contributed by atoms with van der Waals surface area (Å²) in [6.45, 7) is -0.0926. The Balaban J connectivity index is 1.56. The summed E-state index contributed by atoms with van der Waals surface area (Å²) >= 11 is 0. The summed E-state index contributed by atoms with van der Waals surface area (Å²) in [7, 11) is -2.48. The zero-order valence-electron chi connectivity index (χ0n) is 15.8. The second-order valence-corrected chi connectivity index (χ2v) is 7.61. The number of nitrogens with one attached hydrogen (secondary N) is 1. The number of hydrogen-bond acceptors (Lipinski definition) is 7. The lowest BCUT2D eigenvalue weighted by molar-refractivity contribution is 0.0430. The van der Waals surface area contributed by atoms with Crippen LogP contribution in [0.2, 0.25) is 0 Å². The van der Waals surface area contributed by atoms with Gasteiger partial charge in [0.05, 0.1) is 7.11 Å². The highest BCUT2D eigenvalue weighted by molar-refractivity contribution is 7.89. The highest BCUT2D eigenvalue weighted by atomic mass is 32.2. The Bertz CT molecular complexity index is 1150. The molecule has 3 N–H and O–H groups in total. The lowest BCUT2D eigenvalue weighted by Gasteiger charge is -2.07. The molecule has 0 spiro atoms. The van der Waals surface area contributed by atoms with Crippen LogP contribution in [-0.4, -0.2) is 27.4 Å². The number of furan rings is 1. The number of carbonyl (C=O) groups excluding carboxylic acids is 2. The van der Waals surface area contributed by atoms with Crippen molar-refractivity contribution in [1.82, 2.24) is 0 Å². The number of benzene rings is 2. The topological polar surface area (TPSA) is 138 Å². The Labute approximate surface area is 172 Å². The van der Waals surface area contributed by atoms with Crippen LogP contribution in [0.15, 0.2) is 70.2 Å². The fraction of sp³-hybridized carbons (Fsp3) is 0.100. The lowest BCUT2D eigenvalue weighted by atomic mass is 10.1.